The van der Waals surface area contributed by atoms with Crippen LogP contribution in [0.2, 0.25) is 0 Å². The second-order valence-electron chi connectivity index (χ2n) is 7.53. The number of aliphatic imine (C=N–C) groups is 1. The molecule has 2 atom stereocenters. The number of benzene rings is 1. The van der Waals surface area contributed by atoms with Crippen molar-refractivity contribution in [3.63, 3.8) is 0 Å². The molecule has 3 rings (SSSR count). The Morgan fingerprint density at radius 2 is 1.87 bits per heavy atom. The molecule has 2 unspecified atom stereocenters. The van der Waals surface area contributed by atoms with E-state index in [2.05, 4.69) is 57.1 Å². The summed E-state index contributed by atoms with van der Waals surface area (Å²) in [4.78, 5) is 8.24. The standard InChI is InChI=1S/C23H34N4O3S/c1-17(22-6-5-13-31-22)15-25-23(24-2)26-16-19(27-9-11-30-12-10-27)18-7-8-20(28-3)21(14-18)29-4/h5-8,13-14,17,19H,9-12,15-16H2,1-4H3,(H2,24,25,26). The number of nitrogens with zero attached hydrogens (tertiary/aromatic N) is 2. The van der Waals surface area contributed by atoms with Gasteiger partial charge in [-0.05, 0) is 29.1 Å². The number of rotatable bonds is 9. The molecule has 2 N–H and O–H groups in total. The molecule has 2 aromatic rings. The van der Waals surface area contributed by atoms with Crippen LogP contribution < -0.4 is 20.1 Å². The molecule has 1 aliphatic rings. The minimum atomic E-state index is 0.164. The zero-order valence-corrected chi connectivity index (χ0v) is 19.7. The molecule has 0 spiro atoms. The minimum absolute atomic E-state index is 0.164. The fourth-order valence-corrected chi connectivity index (χ4v) is 4.53. The molecule has 1 aliphatic heterocycles. The normalized spacial score (nSPS) is 17.1. The van der Waals surface area contributed by atoms with Crippen molar-refractivity contribution < 1.29 is 14.2 Å². The van der Waals surface area contributed by atoms with E-state index in [0.717, 1.165) is 56.9 Å². The number of morpholine rings is 1. The van der Waals surface area contributed by atoms with Gasteiger partial charge >= 0.3 is 0 Å². The van der Waals surface area contributed by atoms with Gasteiger partial charge in [-0.2, -0.15) is 0 Å². The van der Waals surface area contributed by atoms with Crippen LogP contribution in [0.4, 0.5) is 0 Å². The number of ether oxygens (including phenoxy) is 3. The van der Waals surface area contributed by atoms with Crippen molar-refractivity contribution in [3.05, 3.63) is 46.2 Å². The van der Waals surface area contributed by atoms with E-state index in [0.29, 0.717) is 5.92 Å². The molecule has 0 radical (unpaired) electrons. The molecule has 31 heavy (non-hydrogen) atoms. The topological polar surface area (TPSA) is 67.4 Å². The van der Waals surface area contributed by atoms with Crippen LogP contribution in [0.15, 0.2) is 40.7 Å². The lowest BCUT2D eigenvalue weighted by Gasteiger charge is -2.35. The zero-order valence-electron chi connectivity index (χ0n) is 18.9. The quantitative estimate of drug-likeness (QED) is 0.456. The summed E-state index contributed by atoms with van der Waals surface area (Å²) in [6.45, 7) is 7.06. The van der Waals surface area contributed by atoms with Gasteiger partial charge in [0.1, 0.15) is 0 Å². The van der Waals surface area contributed by atoms with E-state index >= 15 is 0 Å². The van der Waals surface area contributed by atoms with Crippen LogP contribution in [0.1, 0.15) is 29.3 Å². The first kappa shape index (κ1) is 23.4. The smallest absolute Gasteiger partial charge is 0.191 e. The Kier molecular flexibility index (Phi) is 8.99. The van der Waals surface area contributed by atoms with Gasteiger partial charge < -0.3 is 24.8 Å². The molecular formula is C23H34N4O3S. The molecule has 0 saturated carbocycles. The minimum Gasteiger partial charge on any atom is -0.493 e. The predicted molar refractivity (Wildman–Crippen MR) is 127 cm³/mol. The average Bonchev–Trinajstić information content (AvgIpc) is 3.36. The van der Waals surface area contributed by atoms with Gasteiger partial charge in [-0.15, -0.1) is 11.3 Å². The molecule has 170 valence electrons. The van der Waals surface area contributed by atoms with E-state index in [9.17, 15) is 0 Å². The van der Waals surface area contributed by atoms with E-state index in [1.54, 1.807) is 25.6 Å². The average molecular weight is 447 g/mol. The highest BCUT2D eigenvalue weighted by Crippen LogP contribution is 2.32. The van der Waals surface area contributed by atoms with Gasteiger partial charge in [-0.1, -0.05) is 19.1 Å². The highest BCUT2D eigenvalue weighted by atomic mass is 32.1. The van der Waals surface area contributed by atoms with Crippen molar-refractivity contribution in [2.45, 2.75) is 18.9 Å². The predicted octanol–water partition coefficient (Wildman–Crippen LogP) is 3.11. The summed E-state index contributed by atoms with van der Waals surface area (Å²) in [5.41, 5.74) is 1.18. The zero-order chi connectivity index (χ0) is 22.1. The summed E-state index contributed by atoms with van der Waals surface area (Å²) >= 11 is 1.79. The second-order valence-corrected chi connectivity index (χ2v) is 8.51. The Bertz CT molecular complexity index is 822. The van der Waals surface area contributed by atoms with Crippen LogP contribution in [0.25, 0.3) is 0 Å². The molecule has 1 aromatic carbocycles. The van der Waals surface area contributed by atoms with Crippen molar-refractivity contribution >= 4 is 17.3 Å². The Balaban J connectivity index is 1.68. The number of hydrogen-bond donors (Lipinski definition) is 2. The summed E-state index contributed by atoms with van der Waals surface area (Å²) in [5.74, 6) is 2.71. The lowest BCUT2D eigenvalue weighted by Crippen LogP contribution is -2.46. The number of thiophene rings is 1. The van der Waals surface area contributed by atoms with E-state index in [1.165, 1.54) is 10.4 Å². The van der Waals surface area contributed by atoms with Crippen molar-refractivity contribution in [1.29, 1.82) is 0 Å². The van der Waals surface area contributed by atoms with E-state index in [-0.39, 0.29) is 6.04 Å². The van der Waals surface area contributed by atoms with Crippen molar-refractivity contribution in [1.82, 2.24) is 15.5 Å². The summed E-state index contributed by atoms with van der Waals surface area (Å²) in [6, 6.07) is 10.6. The maximum absolute atomic E-state index is 5.57. The Morgan fingerprint density at radius 1 is 1.13 bits per heavy atom. The number of methoxy groups -OCH3 is 2. The van der Waals surface area contributed by atoms with Gasteiger partial charge in [0.25, 0.3) is 0 Å². The van der Waals surface area contributed by atoms with Crippen molar-refractivity contribution in [2.75, 3.05) is 60.7 Å². The van der Waals surface area contributed by atoms with Gasteiger partial charge in [-0.25, -0.2) is 0 Å². The number of guanidine groups is 1. The fourth-order valence-electron chi connectivity index (χ4n) is 3.74. The monoisotopic (exact) mass is 446 g/mol. The van der Waals surface area contributed by atoms with E-state index in [4.69, 9.17) is 14.2 Å². The van der Waals surface area contributed by atoms with Gasteiger partial charge in [0.05, 0.1) is 33.5 Å². The molecule has 1 aromatic heterocycles. The first-order valence-corrected chi connectivity index (χ1v) is 11.6. The molecular weight excluding hydrogens is 412 g/mol. The summed E-state index contributed by atoms with van der Waals surface area (Å²) in [6.07, 6.45) is 0. The number of hydrogen-bond acceptors (Lipinski definition) is 6. The maximum atomic E-state index is 5.57. The van der Waals surface area contributed by atoms with Crippen molar-refractivity contribution in [2.24, 2.45) is 4.99 Å². The largest absolute Gasteiger partial charge is 0.493 e. The van der Waals surface area contributed by atoms with Crippen LogP contribution in [0.5, 0.6) is 11.5 Å². The number of nitrogens with one attached hydrogen (secondary N) is 2. The van der Waals surface area contributed by atoms with Crippen molar-refractivity contribution in [3.8, 4) is 11.5 Å². The Hall–Kier alpha value is -2.29. The van der Waals surface area contributed by atoms with Crippen LogP contribution in [0.3, 0.4) is 0 Å². The SMILES string of the molecule is CN=C(NCC(C)c1cccs1)NCC(c1ccc(OC)c(OC)c1)N1CCOCC1. The van der Waals surface area contributed by atoms with Gasteiger partial charge in [0.15, 0.2) is 17.5 Å². The molecule has 0 bridgehead atoms. The Labute approximate surface area is 189 Å². The highest BCUT2D eigenvalue weighted by molar-refractivity contribution is 7.10. The van der Waals surface area contributed by atoms with Crippen LogP contribution in [-0.2, 0) is 4.74 Å². The maximum Gasteiger partial charge on any atom is 0.191 e. The lowest BCUT2D eigenvalue weighted by atomic mass is 10.0. The molecule has 2 heterocycles. The summed E-state index contributed by atoms with van der Waals surface area (Å²) in [7, 11) is 5.14. The third-order valence-electron chi connectivity index (χ3n) is 5.57. The molecule has 0 amide bonds. The summed E-state index contributed by atoms with van der Waals surface area (Å²) in [5, 5.41) is 9.11. The Morgan fingerprint density at radius 3 is 2.52 bits per heavy atom. The molecule has 1 fully saturated rings. The van der Waals surface area contributed by atoms with Crippen LogP contribution in [-0.4, -0.2) is 71.5 Å². The highest BCUT2D eigenvalue weighted by Gasteiger charge is 2.24. The second kappa shape index (κ2) is 11.9. The molecule has 0 aliphatic carbocycles. The lowest BCUT2D eigenvalue weighted by molar-refractivity contribution is 0.0169. The van der Waals surface area contributed by atoms with Crippen LogP contribution in [0, 0.1) is 0 Å². The third-order valence-corrected chi connectivity index (χ3v) is 6.67. The van der Waals surface area contributed by atoms with Gasteiger partial charge in [0.2, 0.25) is 0 Å². The van der Waals surface area contributed by atoms with Gasteiger partial charge in [0, 0.05) is 44.0 Å². The molecule has 8 heteroatoms. The molecule has 7 nitrogen and oxygen atoms in total. The van der Waals surface area contributed by atoms with Crippen LogP contribution >= 0.6 is 11.3 Å². The fraction of sp³-hybridized carbons (Fsp3) is 0.522. The van der Waals surface area contributed by atoms with E-state index in [1.807, 2.05) is 13.1 Å². The van der Waals surface area contributed by atoms with Gasteiger partial charge in [-0.3, -0.25) is 9.89 Å². The molecule has 1 saturated heterocycles. The first-order chi connectivity index (χ1) is 15.2. The summed E-state index contributed by atoms with van der Waals surface area (Å²) < 4.78 is 16.5. The third kappa shape index (κ3) is 6.35. The van der Waals surface area contributed by atoms with E-state index < -0.39 is 0 Å². The first-order valence-electron chi connectivity index (χ1n) is 10.7.